The normalized spacial score (nSPS) is 10.6. The van der Waals surface area contributed by atoms with Gasteiger partial charge in [-0.3, -0.25) is 4.79 Å². The van der Waals surface area contributed by atoms with Gasteiger partial charge in [-0.1, -0.05) is 40.0 Å². The van der Waals surface area contributed by atoms with E-state index >= 15 is 0 Å². The van der Waals surface area contributed by atoms with E-state index in [2.05, 4.69) is 31.7 Å². The van der Waals surface area contributed by atoms with Gasteiger partial charge in [0.15, 0.2) is 5.78 Å². The van der Waals surface area contributed by atoms with E-state index in [4.69, 9.17) is 29.0 Å². The second kappa shape index (κ2) is 18.3. The van der Waals surface area contributed by atoms with Crippen LogP contribution in [0.1, 0.15) is 93.0 Å². The first-order valence-electron chi connectivity index (χ1n) is 14.7. The average Bonchev–Trinajstić information content (AvgIpc) is 3.36. The quantitative estimate of drug-likeness (QED) is 0.108. The Kier molecular flexibility index (Phi) is 14.8. The summed E-state index contributed by atoms with van der Waals surface area (Å²) < 4.78 is 12.0. The van der Waals surface area contributed by atoms with E-state index in [0.29, 0.717) is 46.4 Å². The van der Waals surface area contributed by atoms with Crippen molar-refractivity contribution in [1.29, 1.82) is 5.26 Å². The molecule has 42 heavy (non-hydrogen) atoms. The van der Waals surface area contributed by atoms with E-state index < -0.39 is 11.9 Å². The molecule has 0 atom stereocenters. The molecule has 9 nitrogen and oxygen atoms in total. The number of hydrogen-bond acceptors (Lipinski definition) is 7. The second-order valence-electron chi connectivity index (χ2n) is 10.0. The number of aliphatic carboxylic acids is 2. The van der Waals surface area contributed by atoms with Gasteiger partial charge in [-0.05, 0) is 81.2 Å². The summed E-state index contributed by atoms with van der Waals surface area (Å²) in [5, 5.41) is 24.8. The highest BCUT2D eigenvalue weighted by Gasteiger charge is 2.22. The van der Waals surface area contributed by atoms with Crippen LogP contribution >= 0.6 is 0 Å². The zero-order chi connectivity index (χ0) is 30.9. The monoisotopic (exact) mass is 578 g/mol. The molecule has 3 aromatic rings. The third-order valence-corrected chi connectivity index (χ3v) is 6.72. The summed E-state index contributed by atoms with van der Waals surface area (Å²) in [7, 11) is 0. The Labute approximate surface area is 247 Å². The van der Waals surface area contributed by atoms with Crippen molar-refractivity contribution >= 4 is 28.7 Å². The van der Waals surface area contributed by atoms with Crippen molar-refractivity contribution in [3.8, 4) is 11.8 Å². The van der Waals surface area contributed by atoms with Gasteiger partial charge in [0.1, 0.15) is 17.1 Å². The number of furan rings is 1. The number of nitriles is 1. The molecular formula is C33H42N2O7. The molecule has 1 heterocycles. The lowest BCUT2D eigenvalue weighted by Crippen LogP contribution is -2.28. The Morgan fingerprint density at radius 1 is 0.857 bits per heavy atom. The molecule has 0 amide bonds. The number of fused-ring (bicyclic) bond motifs is 1. The standard InChI is InChI=1S/C31H40N2O3.C2H2O4/c1-4-7-11-29-30(27-22-24(23-32)12-17-28(27)36-29)31(34)25-13-15-26(16-14-25)35-21-10-20-33(18-8-5-2)19-9-6-3;3-1(4)2(5)6/h12-17,22H,4-11,18-21H2,1-3H3;(H,3,4)(H,5,6). The predicted octanol–water partition coefficient (Wildman–Crippen LogP) is 6.70. The van der Waals surface area contributed by atoms with Crippen molar-refractivity contribution in [3.05, 3.63) is 64.9 Å². The molecular weight excluding hydrogens is 536 g/mol. The molecule has 0 spiro atoms. The van der Waals surface area contributed by atoms with Gasteiger partial charge in [0.05, 0.1) is 23.8 Å². The minimum absolute atomic E-state index is 0.0796. The lowest BCUT2D eigenvalue weighted by molar-refractivity contribution is -0.159. The number of ether oxygens (including phenoxy) is 1. The molecule has 2 N–H and O–H groups in total. The van der Waals surface area contributed by atoms with Crippen molar-refractivity contribution < 1.29 is 33.8 Å². The molecule has 0 aliphatic rings. The Morgan fingerprint density at radius 3 is 2.00 bits per heavy atom. The molecule has 0 saturated heterocycles. The number of nitrogens with zero attached hydrogens (tertiary/aromatic N) is 2. The molecule has 0 fully saturated rings. The lowest BCUT2D eigenvalue weighted by atomic mass is 9.97. The minimum Gasteiger partial charge on any atom is -0.494 e. The van der Waals surface area contributed by atoms with E-state index in [-0.39, 0.29) is 5.78 Å². The van der Waals surface area contributed by atoms with E-state index in [9.17, 15) is 10.1 Å². The Balaban J connectivity index is 0.000000928. The molecule has 0 bridgehead atoms. The Morgan fingerprint density at radius 2 is 1.45 bits per heavy atom. The molecule has 0 aliphatic carbocycles. The van der Waals surface area contributed by atoms with Crippen molar-refractivity contribution in [1.82, 2.24) is 4.90 Å². The maximum Gasteiger partial charge on any atom is 0.414 e. The fraction of sp³-hybridized carbons (Fsp3) is 0.455. The number of benzene rings is 2. The highest BCUT2D eigenvalue weighted by molar-refractivity contribution is 6.27. The first-order valence-corrected chi connectivity index (χ1v) is 14.7. The lowest BCUT2D eigenvalue weighted by Gasteiger charge is -2.21. The molecule has 0 unspecified atom stereocenters. The Hall–Kier alpha value is -4.16. The van der Waals surface area contributed by atoms with Crippen LogP contribution in [-0.2, 0) is 16.0 Å². The predicted molar refractivity (Wildman–Crippen MR) is 161 cm³/mol. The summed E-state index contributed by atoms with van der Waals surface area (Å²) in [5.41, 5.74) is 2.33. The molecule has 0 aliphatic heterocycles. The SMILES string of the molecule is CCCCc1oc2ccc(C#N)cc2c1C(=O)c1ccc(OCCCN(CCCC)CCCC)cc1.O=C(O)C(=O)O. The number of hydrogen-bond donors (Lipinski definition) is 2. The summed E-state index contributed by atoms with van der Waals surface area (Å²) in [6.07, 6.45) is 8.55. The number of unbranched alkanes of at least 4 members (excludes halogenated alkanes) is 3. The van der Waals surface area contributed by atoms with E-state index in [1.165, 1.54) is 25.7 Å². The minimum atomic E-state index is -1.82. The highest BCUT2D eigenvalue weighted by Crippen LogP contribution is 2.30. The van der Waals surface area contributed by atoms with Gasteiger partial charge in [-0.15, -0.1) is 0 Å². The Bertz CT molecular complexity index is 1320. The topological polar surface area (TPSA) is 141 Å². The number of carboxylic acid groups (broad SMARTS) is 2. The van der Waals surface area contributed by atoms with Crippen LogP contribution in [0.2, 0.25) is 0 Å². The van der Waals surface area contributed by atoms with Gasteiger partial charge in [-0.25, -0.2) is 9.59 Å². The number of ketones is 1. The molecule has 0 saturated carbocycles. The fourth-order valence-corrected chi connectivity index (χ4v) is 4.40. The van der Waals surface area contributed by atoms with Gasteiger partial charge in [-0.2, -0.15) is 5.26 Å². The van der Waals surface area contributed by atoms with Crippen LogP contribution in [0.25, 0.3) is 11.0 Å². The van der Waals surface area contributed by atoms with Crippen molar-refractivity contribution in [2.24, 2.45) is 0 Å². The van der Waals surface area contributed by atoms with E-state index in [1.54, 1.807) is 18.2 Å². The molecule has 1 aromatic heterocycles. The van der Waals surface area contributed by atoms with Gasteiger partial charge >= 0.3 is 11.9 Å². The number of aryl methyl sites for hydroxylation is 1. The summed E-state index contributed by atoms with van der Waals surface area (Å²) in [6, 6.07) is 14.8. The third-order valence-electron chi connectivity index (χ3n) is 6.72. The number of carbonyl (C=O) groups excluding carboxylic acids is 1. The first-order chi connectivity index (χ1) is 20.2. The van der Waals surface area contributed by atoms with Crippen LogP contribution in [0, 0.1) is 11.3 Å². The van der Waals surface area contributed by atoms with Crippen molar-refractivity contribution in [2.75, 3.05) is 26.2 Å². The smallest absolute Gasteiger partial charge is 0.414 e. The maximum atomic E-state index is 13.5. The zero-order valence-electron chi connectivity index (χ0n) is 24.9. The third kappa shape index (κ3) is 10.7. The van der Waals surface area contributed by atoms with E-state index in [0.717, 1.165) is 44.6 Å². The molecule has 2 aromatic carbocycles. The molecule has 0 radical (unpaired) electrons. The molecule has 226 valence electrons. The zero-order valence-corrected chi connectivity index (χ0v) is 24.9. The van der Waals surface area contributed by atoms with Gasteiger partial charge in [0.25, 0.3) is 0 Å². The summed E-state index contributed by atoms with van der Waals surface area (Å²) in [6.45, 7) is 10.6. The van der Waals surface area contributed by atoms with Crippen LogP contribution in [0.4, 0.5) is 0 Å². The number of carbonyl (C=O) groups is 3. The van der Waals surface area contributed by atoms with Crippen LogP contribution in [0.15, 0.2) is 46.9 Å². The second-order valence-corrected chi connectivity index (χ2v) is 10.0. The van der Waals surface area contributed by atoms with Crippen molar-refractivity contribution in [3.63, 3.8) is 0 Å². The van der Waals surface area contributed by atoms with Gasteiger partial charge in [0.2, 0.25) is 0 Å². The van der Waals surface area contributed by atoms with Crippen LogP contribution in [0.3, 0.4) is 0 Å². The van der Waals surface area contributed by atoms with Crippen LogP contribution < -0.4 is 4.74 Å². The molecule has 9 heteroatoms. The first kappa shape index (κ1) is 34.0. The fourth-order valence-electron chi connectivity index (χ4n) is 4.40. The summed E-state index contributed by atoms with van der Waals surface area (Å²) in [4.78, 5) is 34.3. The maximum absolute atomic E-state index is 13.5. The largest absolute Gasteiger partial charge is 0.494 e. The summed E-state index contributed by atoms with van der Waals surface area (Å²) in [5.74, 6) is -2.26. The molecule has 3 rings (SSSR count). The number of rotatable bonds is 16. The van der Waals surface area contributed by atoms with Gasteiger partial charge in [0, 0.05) is 23.9 Å². The van der Waals surface area contributed by atoms with E-state index in [1.807, 2.05) is 24.3 Å². The number of carboxylic acids is 2. The van der Waals surface area contributed by atoms with Crippen LogP contribution in [0.5, 0.6) is 5.75 Å². The van der Waals surface area contributed by atoms with Gasteiger partial charge < -0.3 is 24.3 Å². The van der Waals surface area contributed by atoms with Crippen molar-refractivity contribution in [2.45, 2.75) is 72.1 Å². The summed E-state index contributed by atoms with van der Waals surface area (Å²) >= 11 is 0. The average molecular weight is 579 g/mol. The van der Waals surface area contributed by atoms with Crippen LogP contribution in [-0.4, -0.2) is 59.1 Å². The highest BCUT2D eigenvalue weighted by atomic mass is 16.5.